The van der Waals surface area contributed by atoms with Crippen LogP contribution in [0.4, 0.5) is 5.13 Å². The highest BCUT2D eigenvalue weighted by Crippen LogP contribution is 2.48. The summed E-state index contributed by atoms with van der Waals surface area (Å²) in [6.07, 6.45) is 6.92. The molecule has 19 heavy (non-hydrogen) atoms. The maximum absolute atomic E-state index is 12.4. The molecule has 1 amide bonds. The Morgan fingerprint density at radius 2 is 2.16 bits per heavy atom. The zero-order valence-electron chi connectivity index (χ0n) is 10.9. The van der Waals surface area contributed by atoms with E-state index < -0.39 is 0 Å². The van der Waals surface area contributed by atoms with Crippen LogP contribution >= 0.6 is 11.3 Å². The number of carbonyl (C=O) groups is 1. The molecule has 4 rings (SSSR count). The van der Waals surface area contributed by atoms with Crippen LogP contribution in [0.3, 0.4) is 0 Å². The van der Waals surface area contributed by atoms with Gasteiger partial charge in [-0.05, 0) is 50.4 Å². The van der Waals surface area contributed by atoms with Crippen LogP contribution in [0.2, 0.25) is 0 Å². The summed E-state index contributed by atoms with van der Waals surface area (Å²) in [5, 5.41) is 3.80. The van der Waals surface area contributed by atoms with Crippen LogP contribution in [0.1, 0.15) is 36.3 Å². The number of amides is 1. The van der Waals surface area contributed by atoms with Gasteiger partial charge in [0.05, 0.1) is 11.6 Å². The fourth-order valence-corrected chi connectivity index (χ4v) is 5.21. The molecule has 102 valence electrons. The third-order valence-corrected chi connectivity index (χ3v) is 6.18. The molecule has 3 aliphatic carbocycles. The van der Waals surface area contributed by atoms with Crippen LogP contribution in [0.25, 0.3) is 0 Å². The summed E-state index contributed by atoms with van der Waals surface area (Å²) < 4.78 is 0. The minimum Gasteiger partial charge on any atom is -0.327 e. The SMILES string of the molecule is NC1C2CCC(C2)C1C(=O)Nc1nc2c(s1)CCC2. The number of nitrogens with one attached hydrogen (secondary N) is 1. The minimum atomic E-state index is 0.0116. The zero-order chi connectivity index (χ0) is 13.0. The number of nitrogens with two attached hydrogens (primary N) is 1. The van der Waals surface area contributed by atoms with Crippen molar-refractivity contribution in [1.82, 2.24) is 4.98 Å². The standard InChI is InChI=1S/C14H19N3OS/c15-12-8-5-4-7(6-8)11(12)13(18)17-14-16-9-2-1-3-10(9)19-14/h7-8,11-12H,1-6,15H2,(H,16,17,18). The summed E-state index contributed by atoms with van der Waals surface area (Å²) in [6.45, 7) is 0. The van der Waals surface area contributed by atoms with Gasteiger partial charge in [-0.15, -0.1) is 11.3 Å². The van der Waals surface area contributed by atoms with E-state index in [0.717, 1.165) is 24.4 Å². The first kappa shape index (κ1) is 11.9. The molecular weight excluding hydrogens is 258 g/mol. The first-order valence-electron chi connectivity index (χ1n) is 7.27. The Morgan fingerprint density at radius 3 is 2.89 bits per heavy atom. The number of hydrogen-bond acceptors (Lipinski definition) is 4. The third kappa shape index (κ3) is 1.82. The van der Waals surface area contributed by atoms with Crippen molar-refractivity contribution >= 4 is 22.4 Å². The summed E-state index contributed by atoms with van der Waals surface area (Å²) in [4.78, 5) is 18.3. The van der Waals surface area contributed by atoms with Gasteiger partial charge in [0.2, 0.25) is 5.91 Å². The van der Waals surface area contributed by atoms with Crippen molar-refractivity contribution in [1.29, 1.82) is 0 Å². The molecular formula is C14H19N3OS. The van der Waals surface area contributed by atoms with E-state index in [1.807, 2.05) is 0 Å². The van der Waals surface area contributed by atoms with E-state index >= 15 is 0 Å². The van der Waals surface area contributed by atoms with Gasteiger partial charge in [-0.2, -0.15) is 0 Å². The molecule has 4 atom stereocenters. The molecule has 1 aromatic heterocycles. The highest BCUT2D eigenvalue weighted by atomic mass is 32.1. The molecule has 0 saturated heterocycles. The number of fused-ring (bicyclic) bond motifs is 3. The lowest BCUT2D eigenvalue weighted by Crippen LogP contribution is -2.42. The molecule has 4 unspecified atom stereocenters. The molecule has 1 aromatic rings. The average Bonchev–Trinajstić information content (AvgIpc) is 3.05. The monoisotopic (exact) mass is 277 g/mol. The number of rotatable bonds is 2. The largest absolute Gasteiger partial charge is 0.327 e. The third-order valence-electron chi connectivity index (χ3n) is 5.11. The van der Waals surface area contributed by atoms with Gasteiger partial charge in [0, 0.05) is 10.9 Å². The van der Waals surface area contributed by atoms with Gasteiger partial charge < -0.3 is 11.1 Å². The fraction of sp³-hybridized carbons (Fsp3) is 0.714. The average molecular weight is 277 g/mol. The molecule has 2 bridgehead atoms. The second-order valence-electron chi connectivity index (χ2n) is 6.17. The molecule has 2 saturated carbocycles. The summed E-state index contributed by atoms with van der Waals surface area (Å²) in [5.41, 5.74) is 7.41. The van der Waals surface area contributed by atoms with Crippen molar-refractivity contribution in [3.05, 3.63) is 10.6 Å². The highest BCUT2D eigenvalue weighted by Gasteiger charge is 2.49. The van der Waals surface area contributed by atoms with Crippen LogP contribution < -0.4 is 11.1 Å². The van der Waals surface area contributed by atoms with Crippen LogP contribution in [-0.2, 0) is 17.6 Å². The smallest absolute Gasteiger partial charge is 0.231 e. The molecule has 0 radical (unpaired) electrons. The second kappa shape index (κ2) is 4.28. The molecule has 1 heterocycles. The predicted molar refractivity (Wildman–Crippen MR) is 75.1 cm³/mol. The molecule has 0 aliphatic heterocycles. The maximum atomic E-state index is 12.4. The number of thiazole rings is 1. The molecule has 4 nitrogen and oxygen atoms in total. The lowest BCUT2D eigenvalue weighted by atomic mass is 9.84. The molecule has 3 N–H and O–H groups in total. The first-order valence-corrected chi connectivity index (χ1v) is 8.09. The highest BCUT2D eigenvalue weighted by molar-refractivity contribution is 7.15. The number of nitrogens with zero attached hydrogens (tertiary/aromatic N) is 1. The number of aryl methyl sites for hydroxylation is 2. The summed E-state index contributed by atoms with van der Waals surface area (Å²) in [5.74, 6) is 1.19. The van der Waals surface area contributed by atoms with Gasteiger partial charge in [-0.1, -0.05) is 0 Å². The van der Waals surface area contributed by atoms with Crippen LogP contribution in [0.15, 0.2) is 0 Å². The van der Waals surface area contributed by atoms with Gasteiger partial charge in [-0.25, -0.2) is 4.98 Å². The Morgan fingerprint density at radius 1 is 1.32 bits per heavy atom. The van der Waals surface area contributed by atoms with Gasteiger partial charge in [0.15, 0.2) is 5.13 Å². The van der Waals surface area contributed by atoms with E-state index in [1.165, 1.54) is 29.8 Å². The van der Waals surface area contributed by atoms with Gasteiger partial charge in [0.1, 0.15) is 0 Å². The van der Waals surface area contributed by atoms with E-state index in [4.69, 9.17) is 5.73 Å². The van der Waals surface area contributed by atoms with E-state index in [0.29, 0.717) is 11.8 Å². The quantitative estimate of drug-likeness (QED) is 0.868. The first-order chi connectivity index (χ1) is 9.22. The number of carbonyl (C=O) groups excluding carboxylic acids is 1. The number of hydrogen-bond donors (Lipinski definition) is 2. The minimum absolute atomic E-state index is 0.0116. The normalized spacial score (nSPS) is 35.6. The predicted octanol–water partition coefficient (Wildman–Crippen LogP) is 1.94. The maximum Gasteiger partial charge on any atom is 0.231 e. The topological polar surface area (TPSA) is 68.0 Å². The van der Waals surface area contributed by atoms with E-state index in [2.05, 4.69) is 10.3 Å². The molecule has 2 fully saturated rings. The molecule has 5 heteroatoms. The Balaban J connectivity index is 1.49. The summed E-state index contributed by atoms with van der Waals surface area (Å²) in [6, 6.07) is 0.0607. The van der Waals surface area contributed by atoms with E-state index in [1.54, 1.807) is 11.3 Å². The van der Waals surface area contributed by atoms with Crippen molar-refractivity contribution in [3.8, 4) is 0 Å². The van der Waals surface area contributed by atoms with Gasteiger partial charge >= 0.3 is 0 Å². The summed E-state index contributed by atoms with van der Waals surface area (Å²) in [7, 11) is 0. The Bertz CT molecular complexity index is 503. The van der Waals surface area contributed by atoms with Crippen molar-refractivity contribution in [2.45, 2.75) is 44.6 Å². The zero-order valence-corrected chi connectivity index (χ0v) is 11.7. The van der Waals surface area contributed by atoms with Crippen molar-refractivity contribution in [3.63, 3.8) is 0 Å². The fourth-order valence-electron chi connectivity index (χ4n) is 4.16. The van der Waals surface area contributed by atoms with E-state index in [9.17, 15) is 4.79 Å². The lowest BCUT2D eigenvalue weighted by molar-refractivity contribution is -0.121. The van der Waals surface area contributed by atoms with Crippen LogP contribution in [0.5, 0.6) is 0 Å². The van der Waals surface area contributed by atoms with Crippen LogP contribution in [-0.4, -0.2) is 16.9 Å². The van der Waals surface area contributed by atoms with Crippen molar-refractivity contribution in [2.24, 2.45) is 23.5 Å². The Hall–Kier alpha value is -0.940. The van der Waals surface area contributed by atoms with Crippen molar-refractivity contribution < 1.29 is 4.79 Å². The van der Waals surface area contributed by atoms with Crippen molar-refractivity contribution in [2.75, 3.05) is 5.32 Å². The number of anilines is 1. The van der Waals surface area contributed by atoms with E-state index in [-0.39, 0.29) is 17.9 Å². The van der Waals surface area contributed by atoms with Gasteiger partial charge in [-0.3, -0.25) is 4.79 Å². The van der Waals surface area contributed by atoms with Gasteiger partial charge in [0.25, 0.3) is 0 Å². The second-order valence-corrected chi connectivity index (χ2v) is 7.25. The molecule has 3 aliphatic rings. The Kier molecular flexibility index (Phi) is 2.67. The Labute approximate surface area is 116 Å². The lowest BCUT2D eigenvalue weighted by Gasteiger charge is -2.26. The van der Waals surface area contributed by atoms with Crippen LogP contribution in [0, 0.1) is 17.8 Å². The number of aromatic nitrogens is 1. The summed E-state index contributed by atoms with van der Waals surface area (Å²) >= 11 is 1.65. The molecule has 0 aromatic carbocycles. The molecule has 0 spiro atoms.